The highest BCUT2D eigenvalue weighted by Gasteiger charge is 2.18. The Bertz CT molecular complexity index is 635. The van der Waals surface area contributed by atoms with Crippen LogP contribution in [-0.2, 0) is 17.9 Å². The molecule has 0 unspecified atom stereocenters. The van der Waals surface area contributed by atoms with E-state index in [1.807, 2.05) is 4.90 Å². The van der Waals surface area contributed by atoms with Crippen LogP contribution in [0.3, 0.4) is 0 Å². The van der Waals surface area contributed by atoms with Crippen LogP contribution >= 0.6 is 0 Å². The van der Waals surface area contributed by atoms with Crippen molar-refractivity contribution in [1.29, 1.82) is 0 Å². The Kier molecular flexibility index (Phi) is 4.32. The molecule has 7 heteroatoms. The fraction of sp³-hybridized carbons (Fsp3) is 0.400. The number of rotatable bonds is 5. The molecule has 0 atom stereocenters. The zero-order chi connectivity index (χ0) is 15.4. The molecule has 0 spiro atoms. The topological polar surface area (TPSA) is 60.3 Å². The molecule has 0 saturated carbocycles. The molecule has 2 heterocycles. The maximum absolute atomic E-state index is 12.8. The average molecular weight is 304 g/mol. The second-order valence-corrected chi connectivity index (χ2v) is 5.24. The number of ether oxygens (including phenoxy) is 1. The first-order valence-corrected chi connectivity index (χ1v) is 7.26. The smallest absolute Gasteiger partial charge is 0.244 e. The third-order valence-electron chi connectivity index (χ3n) is 3.54. The van der Waals surface area contributed by atoms with Crippen molar-refractivity contribution in [1.82, 2.24) is 19.9 Å². The number of carbonyl (C=O) groups is 1. The summed E-state index contributed by atoms with van der Waals surface area (Å²) in [7, 11) is 0. The zero-order valence-electron chi connectivity index (χ0n) is 12.1. The molecule has 1 amide bonds. The first-order valence-electron chi connectivity index (χ1n) is 7.26. The van der Waals surface area contributed by atoms with E-state index in [2.05, 4.69) is 10.3 Å². The van der Waals surface area contributed by atoms with Gasteiger partial charge in [0.15, 0.2) is 0 Å². The van der Waals surface area contributed by atoms with Crippen LogP contribution in [0.1, 0.15) is 18.5 Å². The van der Waals surface area contributed by atoms with Crippen LogP contribution in [0.4, 0.5) is 4.39 Å². The summed E-state index contributed by atoms with van der Waals surface area (Å²) in [5, 5.41) is 7.90. The Morgan fingerprint density at radius 2 is 1.95 bits per heavy atom. The van der Waals surface area contributed by atoms with Gasteiger partial charge in [0.25, 0.3) is 0 Å². The molecule has 2 aromatic rings. The predicted octanol–water partition coefficient (Wildman–Crippen LogP) is 1.62. The first-order chi connectivity index (χ1) is 10.7. The molecule has 0 bridgehead atoms. The molecule has 1 aliphatic heterocycles. The van der Waals surface area contributed by atoms with Crippen LogP contribution in [0.25, 0.3) is 0 Å². The van der Waals surface area contributed by atoms with E-state index in [-0.39, 0.29) is 24.9 Å². The number of amides is 1. The molecule has 1 aliphatic rings. The van der Waals surface area contributed by atoms with Crippen molar-refractivity contribution in [3.05, 3.63) is 42.0 Å². The second kappa shape index (κ2) is 6.55. The van der Waals surface area contributed by atoms with Gasteiger partial charge in [-0.2, -0.15) is 0 Å². The van der Waals surface area contributed by atoms with Gasteiger partial charge in [-0.05, 0) is 37.1 Å². The lowest BCUT2D eigenvalue weighted by atomic mass is 10.3. The Morgan fingerprint density at radius 1 is 1.23 bits per heavy atom. The van der Waals surface area contributed by atoms with Crippen LogP contribution in [-0.4, -0.2) is 38.9 Å². The highest BCUT2D eigenvalue weighted by atomic mass is 19.1. The quantitative estimate of drug-likeness (QED) is 0.842. The van der Waals surface area contributed by atoms with Crippen LogP contribution in [0, 0.1) is 5.82 Å². The SMILES string of the molecule is O=C(Cn1cc(COc2ccc(F)cc2)nn1)N1CCCC1. The van der Waals surface area contributed by atoms with Gasteiger partial charge in [-0.15, -0.1) is 5.10 Å². The molecule has 1 aromatic carbocycles. The summed E-state index contributed by atoms with van der Waals surface area (Å²) < 4.78 is 19.8. The Labute approximate surface area is 127 Å². The average Bonchev–Trinajstić information content (AvgIpc) is 3.18. The Hall–Kier alpha value is -2.44. The minimum absolute atomic E-state index is 0.0633. The number of halogens is 1. The normalized spacial score (nSPS) is 14.3. The van der Waals surface area contributed by atoms with Crippen LogP contribution in [0.2, 0.25) is 0 Å². The minimum atomic E-state index is -0.307. The monoisotopic (exact) mass is 304 g/mol. The first kappa shape index (κ1) is 14.5. The molecule has 1 aromatic heterocycles. The summed E-state index contributed by atoms with van der Waals surface area (Å²) in [6.45, 7) is 2.08. The van der Waals surface area contributed by atoms with Gasteiger partial charge < -0.3 is 9.64 Å². The van der Waals surface area contributed by atoms with Gasteiger partial charge in [0, 0.05) is 13.1 Å². The van der Waals surface area contributed by atoms with Gasteiger partial charge in [-0.1, -0.05) is 5.21 Å². The van der Waals surface area contributed by atoms with Gasteiger partial charge in [0.2, 0.25) is 5.91 Å². The van der Waals surface area contributed by atoms with E-state index in [9.17, 15) is 9.18 Å². The number of hydrogen-bond acceptors (Lipinski definition) is 4. The van der Waals surface area contributed by atoms with Gasteiger partial charge in [0.1, 0.15) is 30.4 Å². The zero-order valence-corrected chi connectivity index (χ0v) is 12.1. The van der Waals surface area contributed by atoms with E-state index in [0.29, 0.717) is 11.4 Å². The third-order valence-corrected chi connectivity index (χ3v) is 3.54. The summed E-state index contributed by atoms with van der Waals surface area (Å²) in [5.41, 5.74) is 0.624. The number of carbonyl (C=O) groups excluding carboxylic acids is 1. The molecular weight excluding hydrogens is 287 g/mol. The molecule has 3 rings (SSSR count). The van der Waals surface area contributed by atoms with Crippen LogP contribution in [0.5, 0.6) is 5.75 Å². The maximum atomic E-state index is 12.8. The van der Waals surface area contributed by atoms with Gasteiger partial charge in [-0.25, -0.2) is 9.07 Å². The minimum Gasteiger partial charge on any atom is -0.487 e. The van der Waals surface area contributed by atoms with Gasteiger partial charge >= 0.3 is 0 Å². The van der Waals surface area contributed by atoms with Crippen molar-refractivity contribution >= 4 is 5.91 Å². The van der Waals surface area contributed by atoms with Crippen LogP contribution < -0.4 is 4.74 Å². The largest absolute Gasteiger partial charge is 0.487 e. The summed E-state index contributed by atoms with van der Waals surface area (Å²) in [4.78, 5) is 13.8. The lowest BCUT2D eigenvalue weighted by Crippen LogP contribution is -2.31. The molecule has 116 valence electrons. The standard InChI is InChI=1S/C15H17FN4O2/c16-12-3-5-14(6-4-12)22-11-13-9-20(18-17-13)10-15(21)19-7-1-2-8-19/h3-6,9H,1-2,7-8,10-11H2. The Balaban J connectivity index is 1.52. The van der Waals surface area contributed by atoms with Crippen molar-refractivity contribution in [2.75, 3.05) is 13.1 Å². The van der Waals surface area contributed by atoms with Crippen molar-refractivity contribution in [3.63, 3.8) is 0 Å². The summed E-state index contributed by atoms with van der Waals surface area (Å²) >= 11 is 0. The second-order valence-electron chi connectivity index (χ2n) is 5.24. The fourth-order valence-electron chi connectivity index (χ4n) is 2.38. The number of likely N-dealkylation sites (tertiary alicyclic amines) is 1. The molecule has 1 saturated heterocycles. The van der Waals surface area contributed by atoms with Gasteiger partial charge in [0.05, 0.1) is 6.20 Å². The van der Waals surface area contributed by atoms with Crippen molar-refractivity contribution in [3.8, 4) is 5.75 Å². The van der Waals surface area contributed by atoms with E-state index in [4.69, 9.17) is 4.74 Å². The lowest BCUT2D eigenvalue weighted by Gasteiger charge is -2.14. The number of hydrogen-bond donors (Lipinski definition) is 0. The van der Waals surface area contributed by atoms with E-state index in [1.54, 1.807) is 18.3 Å². The van der Waals surface area contributed by atoms with Gasteiger partial charge in [-0.3, -0.25) is 4.79 Å². The summed E-state index contributed by atoms with van der Waals surface area (Å²) in [6.07, 6.45) is 3.83. The summed E-state index contributed by atoms with van der Waals surface area (Å²) in [6, 6.07) is 5.77. The maximum Gasteiger partial charge on any atom is 0.244 e. The highest BCUT2D eigenvalue weighted by molar-refractivity contribution is 5.76. The summed E-state index contributed by atoms with van der Waals surface area (Å²) in [5.74, 6) is 0.316. The van der Waals surface area contributed by atoms with E-state index < -0.39 is 0 Å². The molecule has 0 aliphatic carbocycles. The molecule has 0 N–H and O–H groups in total. The molecule has 1 fully saturated rings. The molecular formula is C15H17FN4O2. The molecule has 22 heavy (non-hydrogen) atoms. The van der Waals surface area contributed by atoms with Crippen LogP contribution in [0.15, 0.2) is 30.5 Å². The van der Waals surface area contributed by atoms with E-state index in [1.165, 1.54) is 16.8 Å². The molecule has 0 radical (unpaired) electrons. The molecule has 6 nitrogen and oxygen atoms in total. The lowest BCUT2D eigenvalue weighted by molar-refractivity contribution is -0.130. The Morgan fingerprint density at radius 3 is 2.68 bits per heavy atom. The number of nitrogens with zero attached hydrogens (tertiary/aromatic N) is 4. The highest BCUT2D eigenvalue weighted by Crippen LogP contribution is 2.13. The van der Waals surface area contributed by atoms with Crippen molar-refractivity contribution < 1.29 is 13.9 Å². The van der Waals surface area contributed by atoms with Crippen molar-refractivity contribution in [2.45, 2.75) is 26.0 Å². The third kappa shape index (κ3) is 3.60. The fourth-order valence-corrected chi connectivity index (χ4v) is 2.38. The van der Waals surface area contributed by atoms with Crippen molar-refractivity contribution in [2.24, 2.45) is 0 Å². The number of aromatic nitrogens is 3. The van der Waals surface area contributed by atoms with E-state index in [0.717, 1.165) is 25.9 Å². The predicted molar refractivity (Wildman–Crippen MR) is 76.6 cm³/mol. The van der Waals surface area contributed by atoms with E-state index >= 15 is 0 Å². The number of benzene rings is 1.